The van der Waals surface area contributed by atoms with Gasteiger partial charge in [0.05, 0.1) is 16.5 Å². The van der Waals surface area contributed by atoms with Crippen LogP contribution in [-0.2, 0) is 4.74 Å². The third kappa shape index (κ3) is 5.05. The van der Waals surface area contributed by atoms with Crippen molar-refractivity contribution in [3.63, 3.8) is 0 Å². The number of hydrogen-bond acceptors (Lipinski definition) is 10. The van der Waals surface area contributed by atoms with Crippen molar-refractivity contribution < 1.29 is 19.4 Å². The number of anilines is 2. The van der Waals surface area contributed by atoms with Crippen LogP contribution in [0.1, 0.15) is 10.4 Å². The van der Waals surface area contributed by atoms with E-state index in [1.807, 2.05) is 0 Å². The summed E-state index contributed by atoms with van der Waals surface area (Å²) in [5.74, 6) is -1.05. The van der Waals surface area contributed by atoms with Crippen LogP contribution in [0.15, 0.2) is 30.6 Å². The van der Waals surface area contributed by atoms with E-state index < -0.39 is 21.4 Å². The zero-order chi connectivity index (χ0) is 19.8. The number of methoxy groups -OCH3 is 1. The quantitative estimate of drug-likeness (QED) is 0.326. The summed E-state index contributed by atoms with van der Waals surface area (Å²) in [6.45, 7) is 0.571. The minimum atomic E-state index is -0.736. The van der Waals surface area contributed by atoms with Gasteiger partial charge in [0.1, 0.15) is 6.33 Å². The maximum atomic E-state index is 12.1. The SMILES string of the molecule is COCCNc1ncnc(NNC(=O)c2cccc([N+](=O)[O-])c2)c1[N+](=O)[O-]. The van der Waals surface area contributed by atoms with Gasteiger partial charge in [-0.15, -0.1) is 0 Å². The zero-order valence-corrected chi connectivity index (χ0v) is 14.0. The summed E-state index contributed by atoms with van der Waals surface area (Å²) in [5.41, 5.74) is 3.80. The molecule has 1 heterocycles. The average Bonchev–Trinajstić information content (AvgIpc) is 2.66. The van der Waals surface area contributed by atoms with Gasteiger partial charge >= 0.3 is 5.69 Å². The molecule has 1 amide bonds. The Labute approximate surface area is 152 Å². The topological polar surface area (TPSA) is 174 Å². The number of hydrogen-bond donors (Lipinski definition) is 3. The molecular weight excluding hydrogens is 362 g/mol. The van der Waals surface area contributed by atoms with Crippen LogP contribution in [0.2, 0.25) is 0 Å². The lowest BCUT2D eigenvalue weighted by atomic mass is 10.2. The Kier molecular flexibility index (Phi) is 6.49. The highest BCUT2D eigenvalue weighted by molar-refractivity contribution is 5.95. The Morgan fingerprint density at radius 1 is 1.19 bits per heavy atom. The predicted octanol–water partition coefficient (Wildman–Crippen LogP) is 1.11. The number of carbonyl (C=O) groups is 1. The molecular formula is C14H15N7O6. The van der Waals surface area contributed by atoms with Gasteiger partial charge in [0.25, 0.3) is 11.6 Å². The van der Waals surface area contributed by atoms with Gasteiger partial charge in [0.2, 0.25) is 11.6 Å². The third-order valence-electron chi connectivity index (χ3n) is 3.22. The Balaban J connectivity index is 2.16. The minimum absolute atomic E-state index is 0.00754. The van der Waals surface area contributed by atoms with Crippen LogP contribution in [0.25, 0.3) is 0 Å². The van der Waals surface area contributed by atoms with E-state index >= 15 is 0 Å². The first-order chi connectivity index (χ1) is 12.9. The fourth-order valence-electron chi connectivity index (χ4n) is 1.99. The summed E-state index contributed by atoms with van der Waals surface area (Å²) in [7, 11) is 1.48. The van der Waals surface area contributed by atoms with Gasteiger partial charge in [-0.1, -0.05) is 6.07 Å². The predicted molar refractivity (Wildman–Crippen MR) is 93.2 cm³/mol. The highest BCUT2D eigenvalue weighted by Gasteiger charge is 2.23. The summed E-state index contributed by atoms with van der Waals surface area (Å²) in [5, 5.41) is 24.8. The molecule has 27 heavy (non-hydrogen) atoms. The molecule has 142 valence electrons. The molecule has 0 aliphatic rings. The molecule has 0 aliphatic heterocycles. The minimum Gasteiger partial charge on any atom is -0.383 e. The van der Waals surface area contributed by atoms with Gasteiger partial charge in [-0.05, 0) is 6.07 Å². The Morgan fingerprint density at radius 2 is 1.93 bits per heavy atom. The third-order valence-corrected chi connectivity index (χ3v) is 3.22. The molecule has 13 heteroatoms. The fraction of sp³-hybridized carbons (Fsp3) is 0.214. The Morgan fingerprint density at radius 3 is 2.59 bits per heavy atom. The van der Waals surface area contributed by atoms with Crippen LogP contribution in [0.5, 0.6) is 0 Å². The van der Waals surface area contributed by atoms with Crippen LogP contribution in [0.4, 0.5) is 23.0 Å². The first kappa shape index (κ1) is 19.5. The molecule has 0 unspecified atom stereocenters. The largest absolute Gasteiger partial charge is 0.383 e. The normalized spacial score (nSPS) is 10.1. The molecule has 0 radical (unpaired) electrons. The molecule has 0 aliphatic carbocycles. The van der Waals surface area contributed by atoms with Crippen LogP contribution < -0.4 is 16.2 Å². The second-order valence-corrected chi connectivity index (χ2v) is 4.98. The lowest BCUT2D eigenvalue weighted by molar-refractivity contribution is -0.384. The lowest BCUT2D eigenvalue weighted by Gasteiger charge is -2.10. The van der Waals surface area contributed by atoms with Crippen molar-refractivity contribution in [1.82, 2.24) is 15.4 Å². The first-order valence-corrected chi connectivity index (χ1v) is 7.47. The van der Waals surface area contributed by atoms with Gasteiger partial charge < -0.3 is 10.1 Å². The summed E-state index contributed by atoms with van der Waals surface area (Å²) in [6, 6.07) is 5.01. The number of aromatic nitrogens is 2. The second-order valence-electron chi connectivity index (χ2n) is 4.98. The summed E-state index contributed by atoms with van der Waals surface area (Å²) >= 11 is 0. The number of nitro benzene ring substituents is 1. The van der Waals surface area contributed by atoms with Crippen molar-refractivity contribution in [2.75, 3.05) is 31.0 Å². The monoisotopic (exact) mass is 377 g/mol. The zero-order valence-electron chi connectivity index (χ0n) is 14.0. The van der Waals surface area contributed by atoms with E-state index in [-0.39, 0.29) is 29.4 Å². The number of carbonyl (C=O) groups excluding carboxylic acids is 1. The molecule has 0 saturated carbocycles. The summed E-state index contributed by atoms with van der Waals surface area (Å²) < 4.78 is 4.85. The maximum absolute atomic E-state index is 12.1. The molecule has 0 atom stereocenters. The number of amides is 1. The molecule has 3 N–H and O–H groups in total. The molecule has 0 spiro atoms. The van der Waals surface area contributed by atoms with E-state index in [9.17, 15) is 25.0 Å². The number of ether oxygens (including phenoxy) is 1. The van der Waals surface area contributed by atoms with E-state index in [0.717, 1.165) is 12.4 Å². The van der Waals surface area contributed by atoms with E-state index in [0.29, 0.717) is 6.61 Å². The van der Waals surface area contributed by atoms with Crippen LogP contribution in [0.3, 0.4) is 0 Å². The molecule has 1 aromatic heterocycles. The number of hydrazine groups is 1. The van der Waals surface area contributed by atoms with Gasteiger partial charge in [-0.25, -0.2) is 9.97 Å². The van der Waals surface area contributed by atoms with Crippen LogP contribution >= 0.6 is 0 Å². The van der Waals surface area contributed by atoms with E-state index in [1.54, 1.807) is 0 Å². The molecule has 2 aromatic rings. The lowest BCUT2D eigenvalue weighted by Crippen LogP contribution is -2.30. The van der Waals surface area contributed by atoms with E-state index in [4.69, 9.17) is 4.74 Å². The number of rotatable bonds is 9. The molecule has 2 rings (SSSR count). The first-order valence-electron chi connectivity index (χ1n) is 7.47. The van der Waals surface area contributed by atoms with Crippen LogP contribution in [0, 0.1) is 20.2 Å². The summed E-state index contributed by atoms with van der Waals surface area (Å²) in [4.78, 5) is 40.4. The molecule has 0 fully saturated rings. The number of benzene rings is 1. The van der Waals surface area contributed by atoms with E-state index in [1.165, 1.54) is 25.3 Å². The van der Waals surface area contributed by atoms with Crippen molar-refractivity contribution in [3.05, 3.63) is 56.4 Å². The molecule has 0 saturated heterocycles. The van der Waals surface area contributed by atoms with Gasteiger partial charge in [-0.2, -0.15) is 0 Å². The summed E-state index contributed by atoms with van der Waals surface area (Å²) in [6.07, 6.45) is 1.07. The standard InChI is InChI=1S/C14H15N7O6/c1-27-6-5-15-12-11(21(25)26)13(17-8-16-12)18-19-14(22)9-3-2-4-10(7-9)20(23)24/h2-4,7-8H,5-6H2,1H3,(H,19,22)(H2,15,16,17,18). The van der Waals surface area contributed by atoms with Crippen molar-refractivity contribution >= 4 is 28.9 Å². The van der Waals surface area contributed by atoms with E-state index in [2.05, 4.69) is 26.1 Å². The maximum Gasteiger partial charge on any atom is 0.354 e. The second kappa shape index (κ2) is 9.00. The average molecular weight is 377 g/mol. The van der Waals surface area contributed by atoms with Crippen molar-refractivity contribution in [3.8, 4) is 0 Å². The molecule has 13 nitrogen and oxygen atoms in total. The van der Waals surface area contributed by atoms with Crippen molar-refractivity contribution in [2.45, 2.75) is 0 Å². The molecule has 1 aromatic carbocycles. The van der Waals surface area contributed by atoms with Crippen molar-refractivity contribution in [2.24, 2.45) is 0 Å². The fourth-order valence-corrected chi connectivity index (χ4v) is 1.99. The number of nitrogens with one attached hydrogen (secondary N) is 3. The number of nitrogens with zero attached hydrogens (tertiary/aromatic N) is 4. The van der Waals surface area contributed by atoms with Gasteiger partial charge in [-0.3, -0.25) is 35.9 Å². The molecule has 0 bridgehead atoms. The Bertz CT molecular complexity index is 860. The smallest absolute Gasteiger partial charge is 0.354 e. The Hall–Kier alpha value is -3.87. The number of nitro groups is 2. The van der Waals surface area contributed by atoms with Gasteiger partial charge in [0.15, 0.2) is 0 Å². The highest BCUT2D eigenvalue weighted by atomic mass is 16.6. The van der Waals surface area contributed by atoms with Crippen LogP contribution in [-0.4, -0.2) is 46.0 Å². The number of non-ortho nitro benzene ring substituents is 1. The highest BCUT2D eigenvalue weighted by Crippen LogP contribution is 2.28. The van der Waals surface area contributed by atoms with Crippen molar-refractivity contribution in [1.29, 1.82) is 0 Å². The van der Waals surface area contributed by atoms with Gasteiger partial charge in [0, 0.05) is 31.4 Å².